The molecule has 0 saturated heterocycles. The SMILES string of the molecule is O=C(Nc1ccc(F)cc1)c1sc(Cl)c(Cl)c1Cl. The zero-order valence-corrected chi connectivity index (χ0v) is 11.7. The average molecular weight is 325 g/mol. The standard InChI is InChI=1S/C11H5Cl3FNOS/c12-7-8(13)10(14)18-9(7)11(17)16-6-3-1-5(15)2-4-6/h1-4H,(H,16,17). The Morgan fingerprint density at radius 1 is 1.11 bits per heavy atom. The summed E-state index contributed by atoms with van der Waals surface area (Å²) in [5.41, 5.74) is 0.457. The first-order chi connectivity index (χ1) is 8.49. The minimum absolute atomic E-state index is 0.117. The van der Waals surface area contributed by atoms with E-state index >= 15 is 0 Å². The van der Waals surface area contributed by atoms with Gasteiger partial charge in [0, 0.05) is 5.69 Å². The minimum Gasteiger partial charge on any atom is -0.321 e. The molecular formula is C11H5Cl3FNOS. The molecule has 0 unspecified atom stereocenters. The molecule has 1 aromatic carbocycles. The molecule has 0 fully saturated rings. The summed E-state index contributed by atoms with van der Waals surface area (Å²) in [4.78, 5) is 12.1. The van der Waals surface area contributed by atoms with Gasteiger partial charge in [0.15, 0.2) is 0 Å². The van der Waals surface area contributed by atoms with Crippen LogP contribution in [-0.2, 0) is 0 Å². The number of amides is 1. The molecule has 1 aromatic heterocycles. The Morgan fingerprint density at radius 3 is 2.22 bits per heavy atom. The molecule has 7 heteroatoms. The third kappa shape index (κ3) is 2.78. The van der Waals surface area contributed by atoms with Crippen molar-refractivity contribution in [2.75, 3.05) is 5.32 Å². The number of thiophene rings is 1. The largest absolute Gasteiger partial charge is 0.321 e. The summed E-state index contributed by atoms with van der Waals surface area (Å²) in [5.74, 6) is -0.821. The van der Waals surface area contributed by atoms with Gasteiger partial charge in [0.1, 0.15) is 15.0 Å². The van der Waals surface area contributed by atoms with Crippen molar-refractivity contribution in [2.24, 2.45) is 0 Å². The van der Waals surface area contributed by atoms with Gasteiger partial charge in [-0.1, -0.05) is 34.8 Å². The Hall–Kier alpha value is -0.810. The van der Waals surface area contributed by atoms with E-state index in [1.165, 1.54) is 24.3 Å². The molecule has 2 aromatic rings. The second-order valence-electron chi connectivity index (χ2n) is 3.29. The van der Waals surface area contributed by atoms with Gasteiger partial charge in [-0.15, -0.1) is 11.3 Å². The lowest BCUT2D eigenvalue weighted by molar-refractivity contribution is 0.103. The summed E-state index contributed by atoms with van der Waals surface area (Å²) in [5, 5.41) is 2.85. The van der Waals surface area contributed by atoms with Crippen LogP contribution in [0.15, 0.2) is 24.3 Å². The van der Waals surface area contributed by atoms with Crippen LogP contribution in [0.5, 0.6) is 0 Å². The Balaban J connectivity index is 2.22. The first-order valence-electron chi connectivity index (χ1n) is 4.69. The van der Waals surface area contributed by atoms with E-state index < -0.39 is 5.91 Å². The molecule has 0 aliphatic rings. The molecule has 0 spiro atoms. The van der Waals surface area contributed by atoms with Crippen LogP contribution < -0.4 is 5.32 Å². The summed E-state index contributed by atoms with van der Waals surface area (Å²) < 4.78 is 13.0. The smallest absolute Gasteiger partial charge is 0.267 e. The van der Waals surface area contributed by atoms with Crippen LogP contribution in [0.1, 0.15) is 9.67 Å². The van der Waals surface area contributed by atoms with Crippen molar-refractivity contribution < 1.29 is 9.18 Å². The van der Waals surface area contributed by atoms with Gasteiger partial charge in [-0.05, 0) is 24.3 Å². The predicted molar refractivity (Wildman–Crippen MR) is 73.7 cm³/mol. The van der Waals surface area contributed by atoms with Crippen molar-refractivity contribution in [3.63, 3.8) is 0 Å². The third-order valence-corrected chi connectivity index (χ3v) is 4.64. The van der Waals surface area contributed by atoms with Crippen molar-refractivity contribution >= 4 is 57.7 Å². The first-order valence-corrected chi connectivity index (χ1v) is 6.64. The zero-order valence-electron chi connectivity index (χ0n) is 8.64. The van der Waals surface area contributed by atoms with Gasteiger partial charge >= 0.3 is 0 Å². The predicted octanol–water partition coefficient (Wildman–Crippen LogP) is 5.10. The Morgan fingerprint density at radius 2 is 1.72 bits per heavy atom. The van der Waals surface area contributed by atoms with Crippen LogP contribution in [0, 0.1) is 5.82 Å². The molecule has 18 heavy (non-hydrogen) atoms. The fourth-order valence-electron chi connectivity index (χ4n) is 1.23. The van der Waals surface area contributed by atoms with E-state index in [1.54, 1.807) is 0 Å². The summed E-state index contributed by atoms with van der Waals surface area (Å²) in [7, 11) is 0. The Labute approximate surface area is 121 Å². The minimum atomic E-state index is -0.439. The third-order valence-electron chi connectivity index (χ3n) is 2.06. The second kappa shape index (κ2) is 5.45. The maximum absolute atomic E-state index is 12.7. The van der Waals surface area contributed by atoms with Gasteiger partial charge < -0.3 is 5.32 Å². The average Bonchev–Trinajstić information content (AvgIpc) is 2.60. The molecule has 0 saturated carbocycles. The molecular weight excluding hydrogens is 320 g/mol. The molecule has 2 nitrogen and oxygen atoms in total. The van der Waals surface area contributed by atoms with Gasteiger partial charge in [0.2, 0.25) is 0 Å². The molecule has 94 valence electrons. The van der Waals surface area contributed by atoms with Gasteiger partial charge in [-0.3, -0.25) is 4.79 Å². The highest BCUT2D eigenvalue weighted by atomic mass is 35.5. The number of carbonyl (C=O) groups excluding carboxylic acids is 1. The Kier molecular flexibility index (Phi) is 4.12. The quantitative estimate of drug-likeness (QED) is 0.818. The lowest BCUT2D eigenvalue weighted by atomic mass is 10.3. The molecule has 2 rings (SSSR count). The summed E-state index contributed by atoms with van der Waals surface area (Å²) >= 11 is 18.4. The van der Waals surface area contributed by atoms with Gasteiger partial charge in [-0.25, -0.2) is 4.39 Å². The molecule has 1 N–H and O–H groups in total. The van der Waals surface area contributed by atoms with Crippen LogP contribution >= 0.6 is 46.1 Å². The van der Waals surface area contributed by atoms with E-state index in [4.69, 9.17) is 34.8 Å². The van der Waals surface area contributed by atoms with Crippen molar-refractivity contribution in [1.29, 1.82) is 0 Å². The number of hydrogen-bond acceptors (Lipinski definition) is 2. The number of carbonyl (C=O) groups is 1. The van der Waals surface area contributed by atoms with Gasteiger partial charge in [0.25, 0.3) is 5.91 Å². The summed E-state index contributed by atoms with van der Waals surface area (Å²) in [6, 6.07) is 5.37. The number of benzene rings is 1. The van der Waals surface area contributed by atoms with Crippen LogP contribution in [0.2, 0.25) is 14.4 Å². The molecule has 0 aliphatic carbocycles. The van der Waals surface area contributed by atoms with E-state index in [-0.39, 0.29) is 25.1 Å². The zero-order chi connectivity index (χ0) is 13.3. The van der Waals surface area contributed by atoms with Crippen LogP contribution in [0.3, 0.4) is 0 Å². The molecule has 0 aliphatic heterocycles. The highest BCUT2D eigenvalue weighted by Gasteiger charge is 2.19. The monoisotopic (exact) mass is 323 g/mol. The van der Waals surface area contributed by atoms with Crippen molar-refractivity contribution in [3.05, 3.63) is 49.3 Å². The maximum atomic E-state index is 12.7. The highest BCUT2D eigenvalue weighted by Crippen LogP contribution is 2.40. The number of halogens is 4. The van der Waals surface area contributed by atoms with Crippen LogP contribution in [0.25, 0.3) is 0 Å². The van der Waals surface area contributed by atoms with Crippen LogP contribution in [-0.4, -0.2) is 5.91 Å². The number of anilines is 1. The summed E-state index contributed by atoms with van der Waals surface area (Å²) in [6.45, 7) is 0. The molecule has 0 atom stereocenters. The number of rotatable bonds is 2. The first kappa shape index (κ1) is 13.6. The topological polar surface area (TPSA) is 29.1 Å². The maximum Gasteiger partial charge on any atom is 0.267 e. The Bertz CT molecular complexity index is 597. The summed E-state index contributed by atoms with van der Waals surface area (Å²) in [6.07, 6.45) is 0. The van der Waals surface area contributed by atoms with E-state index in [9.17, 15) is 9.18 Å². The van der Waals surface area contributed by atoms with Gasteiger partial charge in [0.05, 0.1) is 10.0 Å². The lowest BCUT2D eigenvalue weighted by Gasteiger charge is -2.03. The lowest BCUT2D eigenvalue weighted by Crippen LogP contribution is -2.10. The van der Waals surface area contributed by atoms with Gasteiger partial charge in [-0.2, -0.15) is 0 Å². The highest BCUT2D eigenvalue weighted by molar-refractivity contribution is 7.19. The van der Waals surface area contributed by atoms with Crippen molar-refractivity contribution in [1.82, 2.24) is 0 Å². The second-order valence-corrected chi connectivity index (χ2v) is 5.67. The van der Waals surface area contributed by atoms with E-state index in [2.05, 4.69) is 5.32 Å². The fourth-order valence-corrected chi connectivity index (χ4v) is 2.93. The fraction of sp³-hybridized carbons (Fsp3) is 0. The molecule has 0 radical (unpaired) electrons. The molecule has 1 heterocycles. The molecule has 1 amide bonds. The normalized spacial score (nSPS) is 10.4. The van der Waals surface area contributed by atoms with E-state index in [0.717, 1.165) is 11.3 Å². The van der Waals surface area contributed by atoms with E-state index in [0.29, 0.717) is 5.69 Å². The van der Waals surface area contributed by atoms with E-state index in [1.807, 2.05) is 0 Å². The number of hydrogen-bond donors (Lipinski definition) is 1. The van der Waals surface area contributed by atoms with Crippen LogP contribution in [0.4, 0.5) is 10.1 Å². The number of nitrogens with one attached hydrogen (secondary N) is 1. The van der Waals surface area contributed by atoms with Crippen molar-refractivity contribution in [3.8, 4) is 0 Å². The molecule has 0 bridgehead atoms. The van der Waals surface area contributed by atoms with Crippen molar-refractivity contribution in [2.45, 2.75) is 0 Å².